The van der Waals surface area contributed by atoms with Crippen molar-refractivity contribution < 1.29 is 9.59 Å². The van der Waals surface area contributed by atoms with Gasteiger partial charge in [-0.1, -0.05) is 22.0 Å². The van der Waals surface area contributed by atoms with Gasteiger partial charge < -0.3 is 10.2 Å². The molecule has 1 aliphatic rings. The normalized spacial score (nSPS) is 13.6. The smallest absolute Gasteiger partial charge is 0.261 e. The van der Waals surface area contributed by atoms with Crippen molar-refractivity contribution in [2.45, 2.75) is 26.3 Å². The summed E-state index contributed by atoms with van der Waals surface area (Å²) in [6, 6.07) is 10.5. The van der Waals surface area contributed by atoms with Crippen LogP contribution in [0, 0.1) is 6.92 Å². The average molecular weight is 469 g/mol. The van der Waals surface area contributed by atoms with E-state index in [4.69, 9.17) is 0 Å². The van der Waals surface area contributed by atoms with Gasteiger partial charge in [0.25, 0.3) is 11.5 Å². The molecule has 1 fully saturated rings. The van der Waals surface area contributed by atoms with E-state index in [-0.39, 0.29) is 23.9 Å². The number of rotatable bonds is 4. The number of amides is 2. The summed E-state index contributed by atoms with van der Waals surface area (Å²) in [4.78, 5) is 44.2. The predicted octanol–water partition coefficient (Wildman–Crippen LogP) is 3.34. The summed E-state index contributed by atoms with van der Waals surface area (Å²) in [7, 11) is 0. The maximum absolute atomic E-state index is 12.7. The number of likely N-dealkylation sites (tertiary alicyclic amines) is 1. The highest BCUT2D eigenvalue weighted by atomic mass is 79.9. The van der Waals surface area contributed by atoms with E-state index in [1.165, 1.54) is 10.9 Å². The summed E-state index contributed by atoms with van der Waals surface area (Å²) in [5, 5.41) is 3.26. The second-order valence-electron chi connectivity index (χ2n) is 7.36. The molecule has 1 N–H and O–H groups in total. The molecule has 3 aromatic rings. The highest BCUT2D eigenvalue weighted by molar-refractivity contribution is 9.10. The highest BCUT2D eigenvalue weighted by Crippen LogP contribution is 2.22. The molecule has 2 amide bonds. The summed E-state index contributed by atoms with van der Waals surface area (Å²) < 4.78 is 2.05. The lowest BCUT2D eigenvalue weighted by Crippen LogP contribution is -2.29. The van der Waals surface area contributed by atoms with Gasteiger partial charge in [-0.3, -0.25) is 19.0 Å². The number of carbonyl (C=O) groups excluding carboxylic acids is 2. The third kappa shape index (κ3) is 4.00. The Morgan fingerprint density at radius 2 is 1.93 bits per heavy atom. The van der Waals surface area contributed by atoms with Gasteiger partial charge in [-0.2, -0.15) is 0 Å². The molecule has 0 saturated carbocycles. The molecular weight excluding hydrogens is 448 g/mol. The Labute approximate surface area is 181 Å². The van der Waals surface area contributed by atoms with Gasteiger partial charge in [-0.25, -0.2) is 4.98 Å². The van der Waals surface area contributed by atoms with E-state index >= 15 is 0 Å². The van der Waals surface area contributed by atoms with Crippen molar-refractivity contribution in [3.8, 4) is 0 Å². The van der Waals surface area contributed by atoms with Gasteiger partial charge in [0.15, 0.2) is 0 Å². The number of halogens is 1. The number of anilines is 1. The molecule has 30 heavy (non-hydrogen) atoms. The summed E-state index contributed by atoms with van der Waals surface area (Å²) in [6.45, 7) is 3.18. The van der Waals surface area contributed by atoms with Gasteiger partial charge in [-0.15, -0.1) is 0 Å². The maximum Gasteiger partial charge on any atom is 0.261 e. The number of nitrogens with one attached hydrogen (secondary N) is 1. The monoisotopic (exact) mass is 468 g/mol. The molecule has 2 aromatic carbocycles. The highest BCUT2D eigenvalue weighted by Gasteiger charge is 2.22. The van der Waals surface area contributed by atoms with Crippen LogP contribution in [0.1, 0.15) is 28.8 Å². The molecule has 1 aromatic heterocycles. The fourth-order valence-corrected chi connectivity index (χ4v) is 4.04. The SMILES string of the molecule is Cc1c(NC(=O)Cn2cnc3ccc(Br)cc3c2=O)cccc1C(=O)N1CCCC1. The summed E-state index contributed by atoms with van der Waals surface area (Å²) in [5.74, 6) is -0.372. The lowest BCUT2D eigenvalue weighted by atomic mass is 10.1. The van der Waals surface area contributed by atoms with Crippen LogP contribution in [0.25, 0.3) is 10.9 Å². The van der Waals surface area contributed by atoms with E-state index in [0.29, 0.717) is 22.2 Å². The molecule has 0 unspecified atom stereocenters. The number of benzene rings is 2. The molecule has 0 bridgehead atoms. The largest absolute Gasteiger partial charge is 0.339 e. The van der Waals surface area contributed by atoms with Gasteiger partial charge in [0.1, 0.15) is 6.54 Å². The minimum atomic E-state index is -0.359. The molecule has 8 heteroatoms. The molecule has 4 rings (SSSR count). The van der Waals surface area contributed by atoms with E-state index in [0.717, 1.165) is 36.0 Å². The first kappa shape index (κ1) is 20.3. The van der Waals surface area contributed by atoms with E-state index in [1.54, 1.807) is 30.3 Å². The van der Waals surface area contributed by atoms with E-state index in [9.17, 15) is 14.4 Å². The number of nitrogens with zero attached hydrogens (tertiary/aromatic N) is 3. The van der Waals surface area contributed by atoms with Crippen molar-refractivity contribution in [3.05, 3.63) is 68.7 Å². The molecule has 2 heterocycles. The Morgan fingerprint density at radius 1 is 1.17 bits per heavy atom. The van der Waals surface area contributed by atoms with Crippen molar-refractivity contribution in [3.63, 3.8) is 0 Å². The standard InChI is InChI=1S/C22H21BrN4O3/c1-14-16(21(29)26-9-2-3-10-26)5-4-6-18(14)25-20(28)12-27-13-24-19-8-7-15(23)11-17(19)22(27)30/h4-8,11,13H,2-3,9-10,12H2,1H3,(H,25,28). The topological polar surface area (TPSA) is 84.3 Å². The quantitative estimate of drug-likeness (QED) is 0.636. The van der Waals surface area contributed by atoms with Crippen molar-refractivity contribution in [2.24, 2.45) is 0 Å². The zero-order valence-electron chi connectivity index (χ0n) is 16.5. The fraction of sp³-hybridized carbons (Fsp3) is 0.273. The first-order valence-corrected chi connectivity index (χ1v) is 10.6. The molecule has 0 spiro atoms. The average Bonchev–Trinajstić information content (AvgIpc) is 3.26. The Hall–Kier alpha value is -3.00. The van der Waals surface area contributed by atoms with Crippen molar-refractivity contribution in [1.82, 2.24) is 14.5 Å². The first-order chi connectivity index (χ1) is 14.4. The van der Waals surface area contributed by atoms with Crippen molar-refractivity contribution in [2.75, 3.05) is 18.4 Å². The van der Waals surface area contributed by atoms with Crippen molar-refractivity contribution >= 4 is 44.3 Å². The molecule has 0 radical (unpaired) electrons. The van der Waals surface area contributed by atoms with Crippen LogP contribution in [0.15, 0.2) is 52.0 Å². The third-order valence-corrected chi connectivity index (χ3v) is 5.82. The van der Waals surface area contributed by atoms with Crippen LogP contribution < -0.4 is 10.9 Å². The van der Waals surface area contributed by atoms with Gasteiger partial charge in [0.05, 0.1) is 17.2 Å². The van der Waals surface area contributed by atoms with E-state index in [2.05, 4.69) is 26.2 Å². The number of hydrogen-bond acceptors (Lipinski definition) is 4. The molecule has 0 atom stereocenters. The first-order valence-electron chi connectivity index (χ1n) is 9.77. The fourth-order valence-electron chi connectivity index (χ4n) is 3.68. The number of aromatic nitrogens is 2. The maximum atomic E-state index is 12.7. The molecule has 7 nitrogen and oxygen atoms in total. The zero-order valence-corrected chi connectivity index (χ0v) is 18.1. The Bertz CT molecular complexity index is 1200. The molecule has 1 aliphatic heterocycles. The van der Waals surface area contributed by atoms with Gasteiger partial charge >= 0.3 is 0 Å². The van der Waals surface area contributed by atoms with Gasteiger partial charge in [-0.05, 0) is 55.7 Å². The second-order valence-corrected chi connectivity index (χ2v) is 8.28. The van der Waals surface area contributed by atoms with Gasteiger partial charge in [0.2, 0.25) is 5.91 Å². The summed E-state index contributed by atoms with van der Waals surface area (Å²) in [5.41, 5.74) is 2.16. The van der Waals surface area contributed by atoms with Gasteiger partial charge in [0, 0.05) is 28.8 Å². The lowest BCUT2D eigenvalue weighted by Gasteiger charge is -2.18. The summed E-state index contributed by atoms with van der Waals surface area (Å²) >= 11 is 3.35. The van der Waals surface area contributed by atoms with Crippen LogP contribution in [-0.2, 0) is 11.3 Å². The molecule has 154 valence electrons. The lowest BCUT2D eigenvalue weighted by molar-refractivity contribution is -0.116. The predicted molar refractivity (Wildman–Crippen MR) is 119 cm³/mol. The van der Waals surface area contributed by atoms with E-state index < -0.39 is 0 Å². The molecular formula is C22H21BrN4O3. The third-order valence-electron chi connectivity index (χ3n) is 5.33. The van der Waals surface area contributed by atoms with Crippen LogP contribution in [0.4, 0.5) is 5.69 Å². The van der Waals surface area contributed by atoms with Crippen LogP contribution in [-0.4, -0.2) is 39.4 Å². The second kappa shape index (κ2) is 8.39. The number of carbonyl (C=O) groups is 2. The molecule has 0 aliphatic carbocycles. The zero-order chi connectivity index (χ0) is 21.3. The van der Waals surface area contributed by atoms with Crippen LogP contribution in [0.5, 0.6) is 0 Å². The van der Waals surface area contributed by atoms with Crippen molar-refractivity contribution in [1.29, 1.82) is 0 Å². The minimum absolute atomic E-state index is 0.0124. The Kier molecular flexibility index (Phi) is 5.67. The van der Waals surface area contributed by atoms with E-state index in [1.807, 2.05) is 17.9 Å². The summed E-state index contributed by atoms with van der Waals surface area (Å²) in [6.07, 6.45) is 3.41. The Balaban J connectivity index is 1.54. The van der Waals surface area contributed by atoms with Crippen LogP contribution in [0.3, 0.4) is 0 Å². The Morgan fingerprint density at radius 3 is 2.70 bits per heavy atom. The number of hydrogen-bond donors (Lipinski definition) is 1. The van der Waals surface area contributed by atoms with Crippen LogP contribution in [0.2, 0.25) is 0 Å². The number of fused-ring (bicyclic) bond motifs is 1. The van der Waals surface area contributed by atoms with Crippen LogP contribution >= 0.6 is 15.9 Å². The molecule has 1 saturated heterocycles. The minimum Gasteiger partial charge on any atom is -0.339 e.